The number of carbonyl (C=O) groups excluding carboxylic acids is 1. The van der Waals surface area contributed by atoms with Gasteiger partial charge in [-0.2, -0.15) is 0 Å². The fourth-order valence-electron chi connectivity index (χ4n) is 2.40. The molecule has 16 heavy (non-hydrogen) atoms. The Bertz CT molecular complexity index is 304. The van der Waals surface area contributed by atoms with E-state index in [1.807, 2.05) is 0 Å². The Morgan fingerprint density at radius 2 is 2.06 bits per heavy atom. The molecule has 5 heteroatoms. The monoisotopic (exact) mass is 225 g/mol. The normalized spacial score (nSPS) is 24.4. The zero-order valence-electron chi connectivity index (χ0n) is 9.41. The molecule has 90 valence electrons. The van der Waals surface area contributed by atoms with Gasteiger partial charge in [0.25, 0.3) is 0 Å². The first-order valence-electron chi connectivity index (χ1n) is 5.95. The van der Waals surface area contributed by atoms with Crippen molar-refractivity contribution in [2.24, 2.45) is 22.2 Å². The Morgan fingerprint density at radius 1 is 1.44 bits per heavy atom. The van der Waals surface area contributed by atoms with Crippen LogP contribution in [0.15, 0.2) is 5.16 Å². The van der Waals surface area contributed by atoms with Crippen molar-refractivity contribution >= 4 is 11.7 Å². The molecular formula is C11H19N3O2. The van der Waals surface area contributed by atoms with Crippen LogP contribution in [-0.2, 0) is 4.79 Å². The van der Waals surface area contributed by atoms with E-state index in [0.29, 0.717) is 18.8 Å². The first-order valence-corrected chi connectivity index (χ1v) is 5.95. The largest absolute Gasteiger partial charge is 0.409 e. The van der Waals surface area contributed by atoms with Gasteiger partial charge in [0.15, 0.2) is 5.84 Å². The van der Waals surface area contributed by atoms with Crippen molar-refractivity contribution in [2.75, 3.05) is 6.54 Å². The summed E-state index contributed by atoms with van der Waals surface area (Å²) in [6, 6.07) is 0. The van der Waals surface area contributed by atoms with Gasteiger partial charge >= 0.3 is 0 Å². The van der Waals surface area contributed by atoms with Crippen LogP contribution in [0.5, 0.6) is 0 Å². The van der Waals surface area contributed by atoms with Crippen LogP contribution in [0.2, 0.25) is 0 Å². The standard InChI is InChI=1S/C11H19N3O2/c12-9(14-16)11(5-1-2-6-11)10(15)13-7-8-3-4-8/h8,16H,1-7H2,(H2,12,14)(H,13,15). The first kappa shape index (κ1) is 11.2. The van der Waals surface area contributed by atoms with Crippen LogP contribution in [0, 0.1) is 11.3 Å². The summed E-state index contributed by atoms with van der Waals surface area (Å²) in [5.41, 5.74) is 4.93. The number of carbonyl (C=O) groups is 1. The summed E-state index contributed by atoms with van der Waals surface area (Å²) in [7, 11) is 0. The van der Waals surface area contributed by atoms with Gasteiger partial charge in [0.2, 0.25) is 5.91 Å². The number of nitrogens with two attached hydrogens (primary N) is 1. The van der Waals surface area contributed by atoms with Gasteiger partial charge in [-0.15, -0.1) is 0 Å². The molecule has 2 saturated carbocycles. The molecule has 0 aromatic heterocycles. The highest BCUT2D eigenvalue weighted by atomic mass is 16.4. The maximum Gasteiger partial charge on any atom is 0.233 e. The number of nitrogens with one attached hydrogen (secondary N) is 1. The molecule has 0 unspecified atom stereocenters. The van der Waals surface area contributed by atoms with Crippen molar-refractivity contribution in [1.29, 1.82) is 0 Å². The number of hydrogen-bond donors (Lipinski definition) is 3. The second-order valence-corrected chi connectivity index (χ2v) is 4.93. The minimum absolute atomic E-state index is 0.0628. The average molecular weight is 225 g/mol. The van der Waals surface area contributed by atoms with Gasteiger partial charge in [-0.05, 0) is 31.6 Å². The maximum atomic E-state index is 12.1. The molecule has 2 aliphatic rings. The molecule has 2 aliphatic carbocycles. The highest BCUT2D eigenvalue weighted by Gasteiger charge is 2.45. The molecule has 1 amide bonds. The summed E-state index contributed by atoms with van der Waals surface area (Å²) in [4.78, 5) is 12.1. The zero-order chi connectivity index (χ0) is 11.6. The summed E-state index contributed by atoms with van der Waals surface area (Å²) in [6.07, 6.45) is 5.73. The lowest BCUT2D eigenvalue weighted by atomic mass is 9.84. The third-order valence-electron chi connectivity index (χ3n) is 3.74. The first-order chi connectivity index (χ1) is 7.69. The molecule has 5 nitrogen and oxygen atoms in total. The minimum Gasteiger partial charge on any atom is -0.409 e. The van der Waals surface area contributed by atoms with Gasteiger partial charge in [-0.1, -0.05) is 18.0 Å². The van der Waals surface area contributed by atoms with Crippen LogP contribution in [0.1, 0.15) is 38.5 Å². The van der Waals surface area contributed by atoms with Crippen LogP contribution >= 0.6 is 0 Å². The molecule has 0 spiro atoms. The van der Waals surface area contributed by atoms with Crippen LogP contribution in [0.3, 0.4) is 0 Å². The number of amides is 1. The third-order valence-corrected chi connectivity index (χ3v) is 3.74. The van der Waals surface area contributed by atoms with E-state index in [4.69, 9.17) is 10.9 Å². The van der Waals surface area contributed by atoms with Gasteiger partial charge in [0, 0.05) is 6.54 Å². The molecule has 2 rings (SSSR count). The van der Waals surface area contributed by atoms with E-state index in [-0.39, 0.29) is 11.7 Å². The molecule has 0 heterocycles. The number of hydrogen-bond acceptors (Lipinski definition) is 3. The van der Waals surface area contributed by atoms with Crippen molar-refractivity contribution < 1.29 is 10.0 Å². The zero-order valence-corrected chi connectivity index (χ0v) is 9.41. The minimum atomic E-state index is -0.746. The number of rotatable bonds is 4. The predicted octanol–water partition coefficient (Wildman–Crippen LogP) is 0.819. The van der Waals surface area contributed by atoms with Crippen molar-refractivity contribution in [3.05, 3.63) is 0 Å². The van der Waals surface area contributed by atoms with Gasteiger partial charge in [0.05, 0.1) is 0 Å². The maximum absolute atomic E-state index is 12.1. The van der Waals surface area contributed by atoms with Crippen LogP contribution in [0.4, 0.5) is 0 Å². The van der Waals surface area contributed by atoms with Crippen molar-refractivity contribution in [1.82, 2.24) is 5.32 Å². The lowest BCUT2D eigenvalue weighted by molar-refractivity contribution is -0.127. The smallest absolute Gasteiger partial charge is 0.233 e. The van der Waals surface area contributed by atoms with Gasteiger partial charge < -0.3 is 16.3 Å². The molecule has 4 N–H and O–H groups in total. The van der Waals surface area contributed by atoms with E-state index < -0.39 is 5.41 Å². The number of oxime groups is 1. The van der Waals surface area contributed by atoms with Crippen LogP contribution in [0.25, 0.3) is 0 Å². The quantitative estimate of drug-likeness (QED) is 0.286. The van der Waals surface area contributed by atoms with E-state index in [9.17, 15) is 4.79 Å². The summed E-state index contributed by atoms with van der Waals surface area (Å²) in [5, 5.41) is 14.8. The second kappa shape index (κ2) is 4.31. The Kier molecular flexibility index (Phi) is 3.03. The molecule has 0 atom stereocenters. The molecule has 0 aliphatic heterocycles. The van der Waals surface area contributed by atoms with E-state index in [1.165, 1.54) is 12.8 Å². The van der Waals surface area contributed by atoms with Gasteiger partial charge in [0.1, 0.15) is 5.41 Å². The molecule has 2 fully saturated rings. The lowest BCUT2D eigenvalue weighted by Crippen LogP contribution is -2.48. The number of nitrogens with zero attached hydrogens (tertiary/aromatic N) is 1. The molecule has 0 radical (unpaired) electrons. The summed E-state index contributed by atoms with van der Waals surface area (Å²) in [5.74, 6) is 0.653. The highest BCUT2D eigenvalue weighted by molar-refractivity contribution is 6.07. The van der Waals surface area contributed by atoms with E-state index in [1.54, 1.807) is 0 Å². The second-order valence-electron chi connectivity index (χ2n) is 4.93. The topological polar surface area (TPSA) is 87.7 Å². The fourth-order valence-corrected chi connectivity index (χ4v) is 2.40. The summed E-state index contributed by atoms with van der Waals surface area (Å²) >= 11 is 0. The fraction of sp³-hybridized carbons (Fsp3) is 0.818. The molecule has 0 aromatic rings. The van der Waals surface area contributed by atoms with E-state index in [2.05, 4.69) is 10.5 Å². The van der Waals surface area contributed by atoms with Crippen LogP contribution < -0.4 is 11.1 Å². The van der Waals surface area contributed by atoms with E-state index in [0.717, 1.165) is 19.4 Å². The molecule has 0 aromatic carbocycles. The summed E-state index contributed by atoms with van der Waals surface area (Å²) in [6.45, 7) is 0.735. The van der Waals surface area contributed by atoms with Crippen LogP contribution in [-0.4, -0.2) is 23.5 Å². The van der Waals surface area contributed by atoms with Gasteiger partial charge in [-0.3, -0.25) is 4.79 Å². The molecular weight excluding hydrogens is 206 g/mol. The Balaban J connectivity index is 2.02. The molecule has 0 bridgehead atoms. The Morgan fingerprint density at radius 3 is 2.56 bits per heavy atom. The van der Waals surface area contributed by atoms with Crippen molar-refractivity contribution in [2.45, 2.75) is 38.5 Å². The predicted molar refractivity (Wildman–Crippen MR) is 60.0 cm³/mol. The van der Waals surface area contributed by atoms with Crippen molar-refractivity contribution in [3.63, 3.8) is 0 Å². The van der Waals surface area contributed by atoms with E-state index >= 15 is 0 Å². The Labute approximate surface area is 95.1 Å². The van der Waals surface area contributed by atoms with Gasteiger partial charge in [-0.25, -0.2) is 0 Å². The highest BCUT2D eigenvalue weighted by Crippen LogP contribution is 2.39. The molecule has 0 saturated heterocycles. The lowest BCUT2D eigenvalue weighted by Gasteiger charge is -2.25. The average Bonchev–Trinajstić information content (AvgIpc) is 3.00. The SMILES string of the molecule is NC(=NO)C1(C(=O)NCC2CC2)CCCC1. The summed E-state index contributed by atoms with van der Waals surface area (Å²) < 4.78 is 0. The number of amidine groups is 1. The van der Waals surface area contributed by atoms with Crippen molar-refractivity contribution in [3.8, 4) is 0 Å². The third kappa shape index (κ3) is 1.99. The Hall–Kier alpha value is -1.26.